The smallest absolute Gasteiger partial charge is 0.352 e. The van der Waals surface area contributed by atoms with Crippen LogP contribution in [-0.4, -0.2) is 49.9 Å². The van der Waals surface area contributed by atoms with Crippen LogP contribution in [0.5, 0.6) is 11.6 Å². The Morgan fingerprint density at radius 3 is 2.45 bits per heavy atom. The molecule has 0 unspecified atom stereocenters. The average molecular weight is 494 g/mol. The molecule has 12 heteroatoms. The molecule has 0 radical (unpaired) electrons. The Morgan fingerprint density at radius 2 is 1.85 bits per heavy atom. The van der Waals surface area contributed by atoms with Gasteiger partial charge >= 0.3 is 11.4 Å². The van der Waals surface area contributed by atoms with Gasteiger partial charge in [0.25, 0.3) is 0 Å². The number of nitro groups is 1. The van der Waals surface area contributed by atoms with Crippen LogP contribution in [-0.2, 0) is 13.6 Å². The third-order valence-corrected chi connectivity index (χ3v) is 6.80. The molecule has 0 N–H and O–H groups in total. The molecule has 1 aliphatic heterocycles. The molecule has 180 valence electrons. The maximum atomic E-state index is 12.8. The molecule has 0 saturated carbocycles. The van der Waals surface area contributed by atoms with Gasteiger partial charge in [0, 0.05) is 24.8 Å². The molecule has 0 aliphatic carbocycles. The standard InChI is InChI=1S/C21H31N3O7Si2/c1-32(2,3)28-14-18-17(31-33(4,5)6)13-20(30-18)23-12-11-19(22-21(23)25)29-16-10-8-7-9-15(16)24(26)27/h7-12,17-18,20H,13-14H2,1-6H3/t17-,18+,20+/m0/s1. The van der Waals surface area contributed by atoms with Gasteiger partial charge in [0.2, 0.25) is 11.6 Å². The van der Waals surface area contributed by atoms with E-state index < -0.39 is 33.5 Å². The van der Waals surface area contributed by atoms with Crippen LogP contribution in [0, 0.1) is 10.1 Å². The zero-order valence-corrected chi connectivity index (χ0v) is 21.8. The zero-order valence-electron chi connectivity index (χ0n) is 19.8. The summed E-state index contributed by atoms with van der Waals surface area (Å²) in [5.74, 6) is -0.0199. The quantitative estimate of drug-likeness (QED) is 0.288. The Bertz CT molecular complexity index is 1050. The first-order chi connectivity index (χ1) is 15.3. The van der Waals surface area contributed by atoms with E-state index in [0.717, 1.165) is 0 Å². The summed E-state index contributed by atoms with van der Waals surface area (Å²) >= 11 is 0. The Hall–Kier alpha value is -2.39. The summed E-state index contributed by atoms with van der Waals surface area (Å²) in [5.41, 5.74) is -0.784. The SMILES string of the molecule is C[Si](C)(C)OC[C@H]1O[C@@H](n2ccc(Oc3ccccc3[N+](=O)[O-])nc2=O)C[C@@H]1O[Si](C)(C)C. The minimum atomic E-state index is -1.85. The lowest BCUT2D eigenvalue weighted by Crippen LogP contribution is -2.40. The molecule has 3 atom stereocenters. The van der Waals surface area contributed by atoms with E-state index in [4.69, 9.17) is 18.3 Å². The molecule has 0 spiro atoms. The molecule has 3 rings (SSSR count). The summed E-state index contributed by atoms with van der Waals surface area (Å²) in [6.45, 7) is 13.1. The Labute approximate surface area is 194 Å². The lowest BCUT2D eigenvalue weighted by atomic mass is 10.2. The van der Waals surface area contributed by atoms with Gasteiger partial charge in [0.15, 0.2) is 16.6 Å². The molecular formula is C21H31N3O7Si2. The number of benzene rings is 1. The van der Waals surface area contributed by atoms with E-state index >= 15 is 0 Å². The number of hydrogen-bond acceptors (Lipinski definition) is 8. The predicted octanol–water partition coefficient (Wildman–Crippen LogP) is 4.30. The third-order valence-electron chi connectivity index (χ3n) is 4.76. The molecular weight excluding hydrogens is 462 g/mol. The summed E-state index contributed by atoms with van der Waals surface area (Å²) in [5, 5.41) is 11.2. The van der Waals surface area contributed by atoms with Crippen molar-refractivity contribution in [1.82, 2.24) is 9.55 Å². The number of para-hydroxylation sites is 2. The van der Waals surface area contributed by atoms with Crippen molar-refractivity contribution in [2.75, 3.05) is 6.61 Å². The maximum Gasteiger partial charge on any atom is 0.352 e. The van der Waals surface area contributed by atoms with Gasteiger partial charge < -0.3 is 18.3 Å². The van der Waals surface area contributed by atoms with E-state index in [0.29, 0.717) is 13.0 Å². The molecule has 33 heavy (non-hydrogen) atoms. The van der Waals surface area contributed by atoms with E-state index in [1.165, 1.54) is 35.0 Å². The van der Waals surface area contributed by atoms with Crippen LogP contribution in [0.25, 0.3) is 0 Å². The van der Waals surface area contributed by atoms with E-state index in [1.807, 2.05) is 0 Å². The second-order valence-electron chi connectivity index (χ2n) is 9.84. The first kappa shape index (κ1) is 25.2. The Morgan fingerprint density at radius 1 is 1.15 bits per heavy atom. The highest BCUT2D eigenvalue weighted by atomic mass is 28.4. The minimum absolute atomic E-state index is 0.0106. The molecule has 1 aromatic carbocycles. The van der Waals surface area contributed by atoms with Crippen LogP contribution in [0.1, 0.15) is 12.6 Å². The largest absolute Gasteiger partial charge is 0.432 e. The first-order valence-corrected chi connectivity index (χ1v) is 17.6. The van der Waals surface area contributed by atoms with Gasteiger partial charge in [0.05, 0.1) is 17.6 Å². The van der Waals surface area contributed by atoms with Crippen molar-refractivity contribution in [1.29, 1.82) is 0 Å². The summed E-state index contributed by atoms with van der Waals surface area (Å²) in [4.78, 5) is 27.3. The molecule has 2 heterocycles. The van der Waals surface area contributed by atoms with Crippen molar-refractivity contribution in [3.8, 4) is 11.6 Å². The molecule has 1 saturated heterocycles. The first-order valence-electron chi connectivity index (χ1n) is 10.8. The van der Waals surface area contributed by atoms with Crippen molar-refractivity contribution >= 4 is 22.3 Å². The van der Waals surface area contributed by atoms with Crippen LogP contribution in [0.2, 0.25) is 39.3 Å². The van der Waals surface area contributed by atoms with Crippen LogP contribution in [0.15, 0.2) is 41.3 Å². The number of nitro benzene ring substituents is 1. The van der Waals surface area contributed by atoms with E-state index in [2.05, 4.69) is 44.3 Å². The van der Waals surface area contributed by atoms with Crippen molar-refractivity contribution in [2.45, 2.75) is 64.1 Å². The van der Waals surface area contributed by atoms with E-state index in [1.54, 1.807) is 6.07 Å². The number of nitrogens with zero attached hydrogens (tertiary/aromatic N) is 3. The van der Waals surface area contributed by atoms with Crippen LogP contribution >= 0.6 is 0 Å². The van der Waals surface area contributed by atoms with Gasteiger partial charge in [0.1, 0.15) is 12.3 Å². The zero-order chi connectivity index (χ0) is 24.4. The lowest BCUT2D eigenvalue weighted by Gasteiger charge is -2.28. The second-order valence-corrected chi connectivity index (χ2v) is 18.8. The molecule has 0 amide bonds. The second kappa shape index (κ2) is 9.85. The summed E-state index contributed by atoms with van der Waals surface area (Å²) < 4.78 is 25.5. The number of hydrogen-bond donors (Lipinski definition) is 0. The molecule has 2 aromatic rings. The molecule has 1 fully saturated rings. The Kier molecular flexibility index (Phi) is 7.53. The maximum absolute atomic E-state index is 12.8. The van der Waals surface area contributed by atoms with Gasteiger partial charge in [-0.05, 0) is 45.3 Å². The van der Waals surface area contributed by atoms with Crippen molar-refractivity contribution in [3.05, 3.63) is 57.1 Å². The van der Waals surface area contributed by atoms with Crippen LogP contribution < -0.4 is 10.4 Å². The summed E-state index contributed by atoms with van der Waals surface area (Å²) in [7, 11) is -3.60. The lowest BCUT2D eigenvalue weighted by molar-refractivity contribution is -0.385. The number of ether oxygens (including phenoxy) is 2. The van der Waals surface area contributed by atoms with Gasteiger partial charge in [-0.3, -0.25) is 14.7 Å². The van der Waals surface area contributed by atoms with Gasteiger partial charge in [-0.1, -0.05) is 12.1 Å². The highest BCUT2D eigenvalue weighted by Gasteiger charge is 2.40. The van der Waals surface area contributed by atoms with Gasteiger partial charge in [-0.25, -0.2) is 4.79 Å². The highest BCUT2D eigenvalue weighted by molar-refractivity contribution is 6.70. The van der Waals surface area contributed by atoms with Gasteiger partial charge in [-0.15, -0.1) is 0 Å². The molecule has 1 aromatic heterocycles. The predicted molar refractivity (Wildman–Crippen MR) is 128 cm³/mol. The van der Waals surface area contributed by atoms with Crippen LogP contribution in [0.4, 0.5) is 5.69 Å². The fourth-order valence-electron chi connectivity index (χ4n) is 3.41. The minimum Gasteiger partial charge on any atom is -0.432 e. The average Bonchev–Trinajstić information content (AvgIpc) is 3.07. The normalized spacial score (nSPS) is 21.2. The van der Waals surface area contributed by atoms with E-state index in [9.17, 15) is 14.9 Å². The monoisotopic (exact) mass is 493 g/mol. The number of aromatic nitrogens is 2. The van der Waals surface area contributed by atoms with Crippen molar-refractivity contribution in [2.24, 2.45) is 0 Å². The van der Waals surface area contributed by atoms with Crippen molar-refractivity contribution in [3.63, 3.8) is 0 Å². The fourth-order valence-corrected chi connectivity index (χ4v) is 5.23. The van der Waals surface area contributed by atoms with Crippen LogP contribution in [0.3, 0.4) is 0 Å². The fraction of sp³-hybridized carbons (Fsp3) is 0.524. The summed E-state index contributed by atoms with van der Waals surface area (Å²) in [6, 6.07) is 7.41. The summed E-state index contributed by atoms with van der Waals surface area (Å²) in [6.07, 6.45) is 0.991. The molecule has 10 nitrogen and oxygen atoms in total. The third kappa shape index (κ3) is 7.05. The van der Waals surface area contributed by atoms with E-state index in [-0.39, 0.29) is 29.5 Å². The van der Waals surface area contributed by atoms with Gasteiger partial charge in [-0.2, -0.15) is 4.98 Å². The Balaban J connectivity index is 1.78. The van der Waals surface area contributed by atoms with Crippen molar-refractivity contribution < 1.29 is 23.2 Å². The molecule has 1 aliphatic rings. The highest BCUT2D eigenvalue weighted by Crippen LogP contribution is 2.33. The molecule has 0 bridgehead atoms. The number of rotatable bonds is 9. The topological polar surface area (TPSA) is 115 Å².